The molecule has 0 bridgehead atoms. The summed E-state index contributed by atoms with van der Waals surface area (Å²) in [6.07, 6.45) is 4.75. The van der Waals surface area contributed by atoms with Crippen molar-refractivity contribution in [2.75, 3.05) is 20.1 Å². The Bertz CT molecular complexity index is 1420. The number of hydrogen-bond acceptors (Lipinski definition) is 5. The summed E-state index contributed by atoms with van der Waals surface area (Å²) >= 11 is 0. The molecule has 0 aliphatic carbocycles. The quantitative estimate of drug-likeness (QED) is 0.466. The smallest absolute Gasteiger partial charge is 0.272 e. The minimum atomic E-state index is -0.536. The van der Waals surface area contributed by atoms with Gasteiger partial charge in [0.2, 0.25) is 0 Å². The monoisotopic (exact) mass is 471 g/mol. The first kappa shape index (κ1) is 22.9. The normalized spacial score (nSPS) is 15.7. The second-order valence-electron chi connectivity index (χ2n) is 9.00. The lowest BCUT2D eigenvalue weighted by Gasteiger charge is -2.25. The van der Waals surface area contributed by atoms with Crippen LogP contribution in [0.3, 0.4) is 0 Å². The summed E-state index contributed by atoms with van der Waals surface area (Å²) in [4.78, 5) is 33.3. The van der Waals surface area contributed by atoms with E-state index in [0.717, 1.165) is 29.5 Å². The second-order valence-corrected chi connectivity index (χ2v) is 9.00. The van der Waals surface area contributed by atoms with Crippen molar-refractivity contribution in [2.24, 2.45) is 0 Å². The summed E-state index contributed by atoms with van der Waals surface area (Å²) in [6, 6.07) is 16.0. The van der Waals surface area contributed by atoms with Gasteiger partial charge >= 0.3 is 0 Å². The van der Waals surface area contributed by atoms with E-state index in [1.165, 1.54) is 6.07 Å². The third kappa shape index (κ3) is 4.83. The van der Waals surface area contributed by atoms with Gasteiger partial charge in [0.25, 0.3) is 11.5 Å². The number of benzene rings is 2. The van der Waals surface area contributed by atoms with Crippen molar-refractivity contribution in [3.8, 4) is 0 Å². The molecule has 4 aromatic rings. The molecule has 0 radical (unpaired) electrons. The van der Waals surface area contributed by atoms with Crippen LogP contribution in [0.25, 0.3) is 10.8 Å². The molecule has 2 aromatic carbocycles. The number of nitrogens with one attached hydrogen (secondary N) is 1. The standard InChI is InChI=1S/C27H26FN5O2/c1-32(16-18-8-11-29-12-9-18)20-10-13-33(17-20)27(35)23-14-19(6-7-24(23)28)15-25-21-4-2-3-5-22(21)26(34)31-30-25/h2-9,11-12,14,20H,10,13,15-17H2,1H3,(H,31,34)/t20-/m0/s1. The number of aromatic amines is 1. The van der Waals surface area contributed by atoms with Crippen molar-refractivity contribution in [2.45, 2.75) is 25.4 Å². The van der Waals surface area contributed by atoms with Gasteiger partial charge in [0.15, 0.2) is 0 Å². The third-order valence-electron chi connectivity index (χ3n) is 6.66. The Kier molecular flexibility index (Phi) is 6.37. The number of likely N-dealkylation sites (N-methyl/N-ethyl adjacent to an activating group) is 1. The van der Waals surface area contributed by atoms with E-state index in [1.807, 2.05) is 31.3 Å². The van der Waals surface area contributed by atoms with Crippen LogP contribution < -0.4 is 5.56 Å². The van der Waals surface area contributed by atoms with Gasteiger partial charge in [-0.25, -0.2) is 9.49 Å². The maximum atomic E-state index is 14.7. The number of amides is 1. The minimum absolute atomic E-state index is 0.0636. The van der Waals surface area contributed by atoms with Crippen molar-refractivity contribution < 1.29 is 9.18 Å². The molecule has 1 fully saturated rings. The van der Waals surface area contributed by atoms with E-state index in [4.69, 9.17) is 0 Å². The predicted molar refractivity (Wildman–Crippen MR) is 132 cm³/mol. The lowest BCUT2D eigenvalue weighted by Crippen LogP contribution is -2.36. The topological polar surface area (TPSA) is 82.2 Å². The van der Waals surface area contributed by atoms with Gasteiger partial charge in [-0.1, -0.05) is 24.3 Å². The molecular formula is C27H26FN5O2. The third-order valence-corrected chi connectivity index (χ3v) is 6.66. The fourth-order valence-electron chi connectivity index (χ4n) is 4.71. The minimum Gasteiger partial charge on any atom is -0.337 e. The number of fused-ring (bicyclic) bond motifs is 1. The zero-order chi connectivity index (χ0) is 24.4. The highest BCUT2D eigenvalue weighted by Gasteiger charge is 2.30. The Morgan fingerprint density at radius 2 is 1.89 bits per heavy atom. The van der Waals surface area contributed by atoms with Crippen molar-refractivity contribution in [3.05, 3.63) is 106 Å². The molecule has 3 heterocycles. The maximum absolute atomic E-state index is 14.7. The number of likely N-dealkylation sites (tertiary alicyclic amines) is 1. The second kappa shape index (κ2) is 9.76. The zero-order valence-corrected chi connectivity index (χ0v) is 19.4. The van der Waals surface area contributed by atoms with Crippen molar-refractivity contribution in [1.29, 1.82) is 0 Å². The van der Waals surface area contributed by atoms with Crippen molar-refractivity contribution in [1.82, 2.24) is 25.0 Å². The van der Waals surface area contributed by atoms with Crippen molar-refractivity contribution in [3.63, 3.8) is 0 Å². The molecule has 2 aromatic heterocycles. The summed E-state index contributed by atoms with van der Waals surface area (Å²) < 4.78 is 14.7. The molecule has 0 spiro atoms. The van der Waals surface area contributed by atoms with Crippen LogP contribution in [0.1, 0.15) is 33.6 Å². The van der Waals surface area contributed by atoms with E-state index >= 15 is 0 Å². The predicted octanol–water partition coefficient (Wildman–Crippen LogP) is 3.39. The van der Waals surface area contributed by atoms with E-state index < -0.39 is 5.82 Å². The van der Waals surface area contributed by atoms with Gasteiger partial charge in [-0.15, -0.1) is 0 Å². The van der Waals surface area contributed by atoms with E-state index in [-0.39, 0.29) is 23.1 Å². The van der Waals surface area contributed by atoms with Gasteiger partial charge in [-0.05, 0) is 54.9 Å². The molecule has 1 amide bonds. The van der Waals surface area contributed by atoms with Gasteiger partial charge in [0.05, 0.1) is 16.6 Å². The van der Waals surface area contributed by atoms with Crippen LogP contribution in [0.15, 0.2) is 71.8 Å². The van der Waals surface area contributed by atoms with E-state index in [2.05, 4.69) is 20.1 Å². The molecular weight excluding hydrogens is 445 g/mol. The summed E-state index contributed by atoms with van der Waals surface area (Å²) in [5.41, 5.74) is 2.40. The van der Waals surface area contributed by atoms with E-state index in [9.17, 15) is 14.0 Å². The number of nitrogens with zero attached hydrogens (tertiary/aromatic N) is 4. The number of H-pyrrole nitrogens is 1. The Labute approximate surface area is 202 Å². The average molecular weight is 472 g/mol. The lowest BCUT2D eigenvalue weighted by atomic mass is 10.0. The lowest BCUT2D eigenvalue weighted by molar-refractivity contribution is 0.0775. The fourth-order valence-corrected chi connectivity index (χ4v) is 4.71. The number of aromatic nitrogens is 3. The van der Waals surface area contributed by atoms with Gasteiger partial charge in [0, 0.05) is 49.9 Å². The van der Waals surface area contributed by atoms with Crippen LogP contribution >= 0.6 is 0 Å². The number of carbonyl (C=O) groups excluding carboxylic acids is 1. The summed E-state index contributed by atoms with van der Waals surface area (Å²) in [7, 11) is 2.04. The number of halogens is 1. The Morgan fingerprint density at radius 1 is 1.11 bits per heavy atom. The largest absolute Gasteiger partial charge is 0.337 e. The molecule has 1 aliphatic heterocycles. The molecule has 35 heavy (non-hydrogen) atoms. The van der Waals surface area contributed by atoms with Gasteiger partial charge in [-0.2, -0.15) is 5.10 Å². The van der Waals surface area contributed by atoms with Crippen LogP contribution in [-0.4, -0.2) is 57.1 Å². The molecule has 1 atom stereocenters. The molecule has 0 saturated carbocycles. The first-order valence-electron chi connectivity index (χ1n) is 11.6. The van der Waals surface area contributed by atoms with Crippen LogP contribution in [0.4, 0.5) is 4.39 Å². The van der Waals surface area contributed by atoms with Gasteiger partial charge in [0.1, 0.15) is 5.82 Å². The summed E-state index contributed by atoms with van der Waals surface area (Å²) in [5, 5.41) is 8.02. The molecule has 1 N–H and O–H groups in total. The number of carbonyl (C=O) groups is 1. The van der Waals surface area contributed by atoms with Crippen LogP contribution in [0.5, 0.6) is 0 Å². The Morgan fingerprint density at radius 3 is 2.69 bits per heavy atom. The summed E-state index contributed by atoms with van der Waals surface area (Å²) in [5.74, 6) is -0.838. The molecule has 1 aliphatic rings. The van der Waals surface area contributed by atoms with E-state index in [0.29, 0.717) is 30.6 Å². The first-order chi connectivity index (χ1) is 17.0. The van der Waals surface area contributed by atoms with Gasteiger partial charge in [-0.3, -0.25) is 19.5 Å². The highest BCUT2D eigenvalue weighted by molar-refractivity contribution is 5.95. The SMILES string of the molecule is CN(Cc1ccncc1)[C@H]1CCN(C(=O)c2cc(Cc3n[nH]c(=O)c4ccccc34)ccc2F)C1. The maximum Gasteiger partial charge on any atom is 0.272 e. The van der Waals surface area contributed by atoms with Crippen molar-refractivity contribution >= 4 is 16.7 Å². The van der Waals surface area contributed by atoms with Crippen LogP contribution in [0.2, 0.25) is 0 Å². The molecule has 178 valence electrons. The molecule has 1 saturated heterocycles. The molecule has 0 unspecified atom stereocenters. The van der Waals surface area contributed by atoms with Crippen LogP contribution in [-0.2, 0) is 13.0 Å². The molecule has 8 heteroatoms. The first-order valence-corrected chi connectivity index (χ1v) is 11.6. The average Bonchev–Trinajstić information content (AvgIpc) is 3.38. The number of hydrogen-bond donors (Lipinski definition) is 1. The number of rotatable bonds is 6. The molecule has 5 rings (SSSR count). The zero-order valence-electron chi connectivity index (χ0n) is 19.4. The Hall–Kier alpha value is -3.91. The highest BCUT2D eigenvalue weighted by Crippen LogP contribution is 2.22. The van der Waals surface area contributed by atoms with Crippen LogP contribution in [0, 0.1) is 5.82 Å². The molecule has 7 nitrogen and oxygen atoms in total. The Balaban J connectivity index is 1.32. The van der Waals surface area contributed by atoms with Gasteiger partial charge < -0.3 is 4.90 Å². The van der Waals surface area contributed by atoms with E-state index in [1.54, 1.807) is 41.6 Å². The fraction of sp³-hybridized carbons (Fsp3) is 0.259. The summed E-state index contributed by atoms with van der Waals surface area (Å²) in [6.45, 7) is 1.90. The highest BCUT2D eigenvalue weighted by atomic mass is 19.1. The number of pyridine rings is 1.